The minimum atomic E-state index is 0.0355. The number of fused-ring (bicyclic) bond motifs is 1. The molecular formula is C19H29NO. The van der Waals surface area contributed by atoms with E-state index in [1.165, 1.54) is 55.9 Å². The van der Waals surface area contributed by atoms with Crippen LogP contribution in [0.1, 0.15) is 75.7 Å². The number of unbranched alkanes of at least 4 members (excludes halogenated alkanes) is 6. The van der Waals surface area contributed by atoms with Gasteiger partial charge in [0.2, 0.25) is 0 Å². The Morgan fingerprint density at radius 2 is 1.71 bits per heavy atom. The fraction of sp³-hybridized carbons (Fsp3) is 0.579. The molecule has 0 bridgehead atoms. The molecule has 21 heavy (non-hydrogen) atoms. The smallest absolute Gasteiger partial charge is 0.134 e. The number of furan rings is 1. The van der Waals surface area contributed by atoms with Crippen LogP contribution in [0.2, 0.25) is 0 Å². The monoisotopic (exact) mass is 287 g/mol. The molecule has 1 aromatic carbocycles. The van der Waals surface area contributed by atoms with Gasteiger partial charge < -0.3 is 10.2 Å². The first kappa shape index (κ1) is 16.1. The second-order valence-corrected chi connectivity index (χ2v) is 6.21. The van der Waals surface area contributed by atoms with E-state index in [9.17, 15) is 0 Å². The standard InChI is InChI=1S/C19H29NO/c1-3-4-5-6-7-8-9-10-17(20)19-14-16-13-15(2)11-12-18(16)21-19/h11-14,17H,3-10,20H2,1-2H3. The van der Waals surface area contributed by atoms with Crippen LogP contribution in [-0.2, 0) is 0 Å². The highest BCUT2D eigenvalue weighted by molar-refractivity contribution is 5.78. The molecule has 1 aromatic heterocycles. The highest BCUT2D eigenvalue weighted by Crippen LogP contribution is 2.26. The molecule has 2 aromatic rings. The van der Waals surface area contributed by atoms with Gasteiger partial charge in [0, 0.05) is 5.39 Å². The number of aryl methyl sites for hydroxylation is 1. The largest absolute Gasteiger partial charge is 0.459 e. The lowest BCUT2D eigenvalue weighted by atomic mass is 10.0. The Hall–Kier alpha value is -1.28. The van der Waals surface area contributed by atoms with Crippen LogP contribution in [0.5, 0.6) is 0 Å². The number of hydrogen-bond acceptors (Lipinski definition) is 2. The van der Waals surface area contributed by atoms with Crippen molar-refractivity contribution in [2.75, 3.05) is 0 Å². The molecule has 0 aliphatic rings. The summed E-state index contributed by atoms with van der Waals surface area (Å²) in [7, 11) is 0. The van der Waals surface area contributed by atoms with Crippen molar-refractivity contribution >= 4 is 11.0 Å². The molecule has 2 heteroatoms. The van der Waals surface area contributed by atoms with Crippen LogP contribution in [0, 0.1) is 6.92 Å². The van der Waals surface area contributed by atoms with Crippen molar-refractivity contribution in [2.45, 2.75) is 71.3 Å². The van der Waals surface area contributed by atoms with Gasteiger partial charge in [0.15, 0.2) is 0 Å². The van der Waals surface area contributed by atoms with Crippen LogP contribution in [0.4, 0.5) is 0 Å². The zero-order valence-corrected chi connectivity index (χ0v) is 13.5. The molecular weight excluding hydrogens is 258 g/mol. The van der Waals surface area contributed by atoms with E-state index in [2.05, 4.69) is 32.0 Å². The Morgan fingerprint density at radius 3 is 2.48 bits per heavy atom. The minimum Gasteiger partial charge on any atom is -0.459 e. The van der Waals surface area contributed by atoms with E-state index in [0.29, 0.717) is 0 Å². The lowest BCUT2D eigenvalue weighted by Crippen LogP contribution is -2.08. The predicted molar refractivity (Wildman–Crippen MR) is 90.5 cm³/mol. The summed E-state index contributed by atoms with van der Waals surface area (Å²) in [6, 6.07) is 8.41. The van der Waals surface area contributed by atoms with Gasteiger partial charge in [0.1, 0.15) is 11.3 Å². The molecule has 0 aliphatic carbocycles. The topological polar surface area (TPSA) is 39.2 Å². The highest BCUT2D eigenvalue weighted by atomic mass is 16.3. The highest BCUT2D eigenvalue weighted by Gasteiger charge is 2.11. The van der Waals surface area contributed by atoms with Crippen molar-refractivity contribution in [3.05, 3.63) is 35.6 Å². The Kier molecular flexibility index (Phi) is 6.31. The number of nitrogens with two attached hydrogens (primary N) is 1. The summed E-state index contributed by atoms with van der Waals surface area (Å²) >= 11 is 0. The molecule has 2 N–H and O–H groups in total. The second kappa shape index (κ2) is 8.23. The average molecular weight is 287 g/mol. The number of benzene rings is 1. The molecule has 0 saturated carbocycles. The summed E-state index contributed by atoms with van der Waals surface area (Å²) in [5, 5.41) is 1.17. The van der Waals surface area contributed by atoms with Crippen LogP contribution in [-0.4, -0.2) is 0 Å². The van der Waals surface area contributed by atoms with E-state index in [1.54, 1.807) is 0 Å². The predicted octanol–water partition coefficient (Wildman–Crippen LogP) is 5.88. The second-order valence-electron chi connectivity index (χ2n) is 6.21. The van der Waals surface area contributed by atoms with Crippen LogP contribution in [0.3, 0.4) is 0 Å². The molecule has 0 radical (unpaired) electrons. The molecule has 1 atom stereocenters. The molecule has 0 aliphatic heterocycles. The van der Waals surface area contributed by atoms with Gasteiger partial charge in [0.25, 0.3) is 0 Å². The third kappa shape index (κ3) is 4.89. The first-order valence-electron chi connectivity index (χ1n) is 8.46. The summed E-state index contributed by atoms with van der Waals surface area (Å²) in [6.07, 6.45) is 10.3. The third-order valence-electron chi connectivity index (χ3n) is 4.17. The summed E-state index contributed by atoms with van der Waals surface area (Å²) in [5.41, 5.74) is 8.47. The van der Waals surface area contributed by atoms with Gasteiger partial charge in [0.05, 0.1) is 6.04 Å². The van der Waals surface area contributed by atoms with E-state index in [1.807, 2.05) is 6.07 Å². The molecule has 116 valence electrons. The lowest BCUT2D eigenvalue weighted by Gasteiger charge is -2.08. The molecule has 0 saturated heterocycles. The summed E-state index contributed by atoms with van der Waals surface area (Å²) < 4.78 is 5.87. The maximum absolute atomic E-state index is 6.27. The van der Waals surface area contributed by atoms with Crippen LogP contribution in [0.15, 0.2) is 28.7 Å². The first-order valence-corrected chi connectivity index (χ1v) is 8.46. The van der Waals surface area contributed by atoms with Gasteiger partial charge in [-0.25, -0.2) is 0 Å². The SMILES string of the molecule is CCCCCCCCCC(N)c1cc2cc(C)ccc2o1. The normalized spacial score (nSPS) is 12.9. The van der Waals surface area contributed by atoms with Gasteiger partial charge in [-0.3, -0.25) is 0 Å². The van der Waals surface area contributed by atoms with E-state index in [0.717, 1.165) is 17.8 Å². The Labute approximate surface area is 128 Å². The van der Waals surface area contributed by atoms with E-state index in [4.69, 9.17) is 10.2 Å². The number of rotatable bonds is 9. The number of hydrogen-bond donors (Lipinski definition) is 1. The van der Waals surface area contributed by atoms with Gasteiger partial charge in [-0.1, -0.05) is 63.5 Å². The van der Waals surface area contributed by atoms with Crippen molar-refractivity contribution < 1.29 is 4.42 Å². The third-order valence-corrected chi connectivity index (χ3v) is 4.17. The molecule has 1 heterocycles. The summed E-state index contributed by atoms with van der Waals surface area (Å²) in [5.74, 6) is 0.932. The van der Waals surface area contributed by atoms with Crippen molar-refractivity contribution in [3.63, 3.8) is 0 Å². The van der Waals surface area contributed by atoms with Crippen molar-refractivity contribution in [2.24, 2.45) is 5.73 Å². The van der Waals surface area contributed by atoms with Gasteiger partial charge >= 0.3 is 0 Å². The van der Waals surface area contributed by atoms with E-state index in [-0.39, 0.29) is 6.04 Å². The van der Waals surface area contributed by atoms with Gasteiger partial charge in [-0.05, 0) is 31.5 Å². The van der Waals surface area contributed by atoms with Crippen LogP contribution >= 0.6 is 0 Å². The Bertz CT molecular complexity index is 543. The first-order chi connectivity index (χ1) is 10.2. The maximum Gasteiger partial charge on any atom is 0.134 e. The molecule has 0 spiro atoms. The van der Waals surface area contributed by atoms with Gasteiger partial charge in [-0.2, -0.15) is 0 Å². The van der Waals surface area contributed by atoms with Gasteiger partial charge in [-0.15, -0.1) is 0 Å². The van der Waals surface area contributed by atoms with Crippen molar-refractivity contribution in [1.29, 1.82) is 0 Å². The molecule has 0 fully saturated rings. The maximum atomic E-state index is 6.27. The van der Waals surface area contributed by atoms with E-state index < -0.39 is 0 Å². The van der Waals surface area contributed by atoms with Crippen molar-refractivity contribution in [3.8, 4) is 0 Å². The van der Waals surface area contributed by atoms with Crippen LogP contribution in [0.25, 0.3) is 11.0 Å². The molecule has 2 nitrogen and oxygen atoms in total. The Balaban J connectivity index is 1.75. The zero-order chi connectivity index (χ0) is 15.1. The Morgan fingerprint density at radius 1 is 1.00 bits per heavy atom. The fourth-order valence-electron chi connectivity index (χ4n) is 2.83. The van der Waals surface area contributed by atoms with Crippen molar-refractivity contribution in [1.82, 2.24) is 0 Å². The molecule has 0 amide bonds. The quantitative estimate of drug-likeness (QED) is 0.585. The van der Waals surface area contributed by atoms with E-state index >= 15 is 0 Å². The summed E-state index contributed by atoms with van der Waals surface area (Å²) in [6.45, 7) is 4.36. The molecule has 1 unspecified atom stereocenters. The average Bonchev–Trinajstić information content (AvgIpc) is 2.89. The minimum absolute atomic E-state index is 0.0355. The molecule has 2 rings (SSSR count). The fourth-order valence-corrected chi connectivity index (χ4v) is 2.83. The van der Waals surface area contributed by atoms with Crippen LogP contribution < -0.4 is 5.73 Å². The zero-order valence-electron chi connectivity index (χ0n) is 13.5. The summed E-state index contributed by atoms with van der Waals surface area (Å²) in [4.78, 5) is 0. The lowest BCUT2D eigenvalue weighted by molar-refractivity contribution is 0.458.